The zero-order valence-corrected chi connectivity index (χ0v) is 19.2. The molecule has 1 nitrogen and oxygen atoms in total. The first-order valence-electron chi connectivity index (χ1n) is 12.0. The summed E-state index contributed by atoms with van der Waals surface area (Å²) >= 11 is 0. The number of allylic oxidation sites excluding steroid dienone is 1. The maximum atomic E-state index is 14.9. The maximum absolute atomic E-state index is 14.9. The van der Waals surface area contributed by atoms with E-state index in [1.165, 1.54) is 31.2 Å². The summed E-state index contributed by atoms with van der Waals surface area (Å²) in [5.74, 6) is 1.42. The molecule has 0 aliphatic carbocycles. The first-order valence-corrected chi connectivity index (χ1v) is 12.0. The summed E-state index contributed by atoms with van der Waals surface area (Å²) in [6.07, 6.45) is 9.42. The molecule has 0 aromatic heterocycles. The predicted molar refractivity (Wildman–Crippen MR) is 133 cm³/mol. The Labute approximate surface area is 192 Å². The van der Waals surface area contributed by atoms with E-state index >= 15 is 0 Å². The topological polar surface area (TPSA) is 9.23 Å². The third-order valence-corrected chi connectivity index (χ3v) is 6.47. The van der Waals surface area contributed by atoms with Gasteiger partial charge in [0.1, 0.15) is 11.6 Å². The van der Waals surface area contributed by atoms with Crippen molar-refractivity contribution in [2.45, 2.75) is 52.4 Å². The summed E-state index contributed by atoms with van der Waals surface area (Å²) in [7, 11) is 0. The second-order valence-electron chi connectivity index (χ2n) is 8.80. The SMILES string of the molecule is CCCCCC1CC=C(c2ccc(-c3ccc(-c4ccc(CC)cc4)c(F)c3)cc2)OC1. The van der Waals surface area contributed by atoms with Gasteiger partial charge in [-0.1, -0.05) is 93.8 Å². The third kappa shape index (κ3) is 5.30. The van der Waals surface area contributed by atoms with Gasteiger partial charge in [-0.05, 0) is 59.6 Å². The highest BCUT2D eigenvalue weighted by Gasteiger charge is 2.16. The smallest absolute Gasteiger partial charge is 0.131 e. The van der Waals surface area contributed by atoms with Crippen LogP contribution in [0.2, 0.25) is 0 Å². The molecule has 0 amide bonds. The van der Waals surface area contributed by atoms with Crippen molar-refractivity contribution in [1.29, 1.82) is 0 Å². The summed E-state index contributed by atoms with van der Waals surface area (Å²) in [6, 6.07) is 21.9. The zero-order chi connectivity index (χ0) is 22.3. The first kappa shape index (κ1) is 22.3. The monoisotopic (exact) mass is 428 g/mol. The Morgan fingerprint density at radius 3 is 2.12 bits per heavy atom. The summed E-state index contributed by atoms with van der Waals surface area (Å²) < 4.78 is 20.9. The summed E-state index contributed by atoms with van der Waals surface area (Å²) in [5.41, 5.74) is 5.80. The van der Waals surface area contributed by atoms with Gasteiger partial charge in [-0.15, -0.1) is 0 Å². The third-order valence-electron chi connectivity index (χ3n) is 6.47. The second kappa shape index (κ2) is 10.6. The largest absolute Gasteiger partial charge is 0.493 e. The van der Waals surface area contributed by atoms with Crippen LogP contribution in [-0.4, -0.2) is 6.61 Å². The molecule has 1 aliphatic heterocycles. The van der Waals surface area contributed by atoms with Crippen LogP contribution < -0.4 is 0 Å². The molecule has 4 rings (SSSR count). The summed E-state index contributed by atoms with van der Waals surface area (Å²) in [4.78, 5) is 0. The van der Waals surface area contributed by atoms with E-state index < -0.39 is 0 Å². The Hall–Kier alpha value is -2.87. The lowest BCUT2D eigenvalue weighted by molar-refractivity contribution is 0.191. The van der Waals surface area contributed by atoms with Crippen LogP contribution in [0.5, 0.6) is 0 Å². The Bertz CT molecular complexity index is 1050. The van der Waals surface area contributed by atoms with Crippen LogP contribution >= 0.6 is 0 Å². The van der Waals surface area contributed by atoms with Crippen molar-refractivity contribution in [1.82, 2.24) is 0 Å². The van der Waals surface area contributed by atoms with Crippen LogP contribution in [0, 0.1) is 11.7 Å². The molecule has 1 heterocycles. The Kier molecular flexibility index (Phi) is 7.42. The van der Waals surface area contributed by atoms with Crippen LogP contribution in [0.1, 0.15) is 57.1 Å². The van der Waals surface area contributed by atoms with Crippen molar-refractivity contribution in [2.75, 3.05) is 6.61 Å². The number of rotatable bonds is 8. The van der Waals surface area contributed by atoms with Gasteiger partial charge in [-0.2, -0.15) is 0 Å². The van der Waals surface area contributed by atoms with Crippen molar-refractivity contribution in [3.05, 3.63) is 89.8 Å². The maximum Gasteiger partial charge on any atom is 0.131 e. The molecule has 0 radical (unpaired) electrons. The van der Waals surface area contributed by atoms with Gasteiger partial charge in [-0.3, -0.25) is 0 Å². The van der Waals surface area contributed by atoms with Gasteiger partial charge in [0.2, 0.25) is 0 Å². The molecule has 1 unspecified atom stereocenters. The highest BCUT2D eigenvalue weighted by atomic mass is 19.1. The van der Waals surface area contributed by atoms with E-state index in [1.807, 2.05) is 24.3 Å². The Balaban J connectivity index is 1.44. The molecule has 3 aromatic carbocycles. The fourth-order valence-corrected chi connectivity index (χ4v) is 4.37. The molecule has 0 fully saturated rings. The van der Waals surface area contributed by atoms with E-state index in [0.29, 0.717) is 11.5 Å². The lowest BCUT2D eigenvalue weighted by atomic mass is 9.95. The highest BCUT2D eigenvalue weighted by Crippen LogP contribution is 2.31. The van der Waals surface area contributed by atoms with Gasteiger partial charge in [-0.25, -0.2) is 4.39 Å². The first-order chi connectivity index (χ1) is 15.7. The molecule has 0 saturated carbocycles. The van der Waals surface area contributed by atoms with E-state index in [0.717, 1.165) is 47.5 Å². The van der Waals surface area contributed by atoms with Crippen LogP contribution in [0.4, 0.5) is 4.39 Å². The van der Waals surface area contributed by atoms with Gasteiger partial charge in [0, 0.05) is 11.1 Å². The van der Waals surface area contributed by atoms with Crippen LogP contribution in [0.3, 0.4) is 0 Å². The van der Waals surface area contributed by atoms with E-state index in [9.17, 15) is 4.39 Å². The van der Waals surface area contributed by atoms with Crippen molar-refractivity contribution < 1.29 is 9.13 Å². The molecule has 0 spiro atoms. The van der Waals surface area contributed by atoms with Gasteiger partial charge in [0.25, 0.3) is 0 Å². The van der Waals surface area contributed by atoms with Gasteiger partial charge in [0.15, 0.2) is 0 Å². The molecule has 166 valence electrons. The normalized spacial score (nSPS) is 15.8. The van der Waals surface area contributed by atoms with E-state index in [1.54, 1.807) is 6.07 Å². The van der Waals surface area contributed by atoms with Crippen LogP contribution in [0.25, 0.3) is 28.0 Å². The zero-order valence-electron chi connectivity index (χ0n) is 19.2. The standard InChI is InChI=1S/C30H33FO/c1-3-5-6-7-23-10-19-30(32-21-23)26-15-13-24(14-16-26)27-17-18-28(29(31)20-27)25-11-8-22(4-2)9-12-25/h8-9,11-20,23H,3-7,10,21H2,1-2H3. The minimum atomic E-state index is -0.191. The number of ether oxygens (including phenoxy) is 1. The fourth-order valence-electron chi connectivity index (χ4n) is 4.37. The molecule has 0 saturated heterocycles. The number of unbranched alkanes of at least 4 members (excludes halogenated alkanes) is 2. The lowest BCUT2D eigenvalue weighted by Gasteiger charge is -2.23. The molecular weight excluding hydrogens is 395 g/mol. The summed E-state index contributed by atoms with van der Waals surface area (Å²) in [5, 5.41) is 0. The minimum Gasteiger partial charge on any atom is -0.493 e. The van der Waals surface area contributed by atoms with Crippen molar-refractivity contribution in [3.8, 4) is 22.3 Å². The average Bonchev–Trinajstić information content (AvgIpc) is 2.85. The number of halogens is 1. The molecule has 3 aromatic rings. The van der Waals surface area contributed by atoms with Gasteiger partial charge >= 0.3 is 0 Å². The Morgan fingerprint density at radius 1 is 0.812 bits per heavy atom. The highest BCUT2D eigenvalue weighted by molar-refractivity contribution is 5.72. The van der Waals surface area contributed by atoms with Crippen molar-refractivity contribution in [2.24, 2.45) is 5.92 Å². The van der Waals surface area contributed by atoms with Gasteiger partial charge < -0.3 is 4.74 Å². The van der Waals surface area contributed by atoms with Crippen LogP contribution in [-0.2, 0) is 11.2 Å². The van der Waals surface area contributed by atoms with E-state index in [-0.39, 0.29) is 5.82 Å². The van der Waals surface area contributed by atoms with Crippen LogP contribution in [0.15, 0.2) is 72.8 Å². The molecular formula is C30H33FO. The molecule has 2 heteroatoms. The minimum absolute atomic E-state index is 0.191. The van der Waals surface area contributed by atoms with Crippen molar-refractivity contribution in [3.63, 3.8) is 0 Å². The lowest BCUT2D eigenvalue weighted by Crippen LogP contribution is -2.13. The molecule has 0 N–H and O–H groups in total. The van der Waals surface area contributed by atoms with E-state index in [2.05, 4.69) is 56.3 Å². The van der Waals surface area contributed by atoms with Crippen molar-refractivity contribution >= 4 is 5.76 Å². The molecule has 1 aliphatic rings. The molecule has 1 atom stereocenters. The second-order valence-corrected chi connectivity index (χ2v) is 8.80. The van der Waals surface area contributed by atoms with Gasteiger partial charge in [0.05, 0.1) is 6.61 Å². The number of hydrogen-bond donors (Lipinski definition) is 0. The average molecular weight is 429 g/mol. The quantitative estimate of drug-likeness (QED) is 0.326. The fraction of sp³-hybridized carbons (Fsp3) is 0.333. The Morgan fingerprint density at radius 2 is 1.50 bits per heavy atom. The van der Waals surface area contributed by atoms with E-state index in [4.69, 9.17) is 4.74 Å². The molecule has 32 heavy (non-hydrogen) atoms. The summed E-state index contributed by atoms with van der Waals surface area (Å²) in [6.45, 7) is 5.17. The molecule has 0 bridgehead atoms. The predicted octanol–water partition coefficient (Wildman–Crippen LogP) is 8.68. The number of benzene rings is 3. The number of hydrogen-bond acceptors (Lipinski definition) is 1. The number of aryl methyl sites for hydroxylation is 1.